The number of H-pyrrole nitrogens is 1. The van der Waals surface area contributed by atoms with Gasteiger partial charge in [0.2, 0.25) is 11.9 Å². The average molecular weight is 345 g/mol. The van der Waals surface area contributed by atoms with Gasteiger partial charge in [0.25, 0.3) is 0 Å². The first kappa shape index (κ1) is 15.2. The van der Waals surface area contributed by atoms with Crippen LogP contribution in [0.4, 0.5) is 17.6 Å². The van der Waals surface area contributed by atoms with Gasteiger partial charge in [0.15, 0.2) is 0 Å². The summed E-state index contributed by atoms with van der Waals surface area (Å²) in [6.07, 6.45) is 0. The predicted molar refractivity (Wildman–Crippen MR) is 90.7 cm³/mol. The molecule has 0 atom stereocenters. The van der Waals surface area contributed by atoms with Crippen molar-refractivity contribution in [2.75, 3.05) is 11.1 Å². The summed E-state index contributed by atoms with van der Waals surface area (Å²) < 4.78 is 0. The predicted octanol–water partition coefficient (Wildman–Crippen LogP) is 3.98. The minimum Gasteiger partial charge on any atom is -0.368 e. The van der Waals surface area contributed by atoms with Crippen molar-refractivity contribution in [1.29, 1.82) is 5.26 Å². The van der Waals surface area contributed by atoms with Gasteiger partial charge in [-0.1, -0.05) is 35.3 Å². The van der Waals surface area contributed by atoms with Crippen molar-refractivity contribution in [1.82, 2.24) is 15.2 Å². The molecule has 0 saturated carbocycles. The Balaban J connectivity index is 1.98. The SMILES string of the molecule is N#Cc1cccc(-c2c(Cl)cc(Nc3n[nH]c(N)n3)cc2Cl)c1. The van der Waals surface area contributed by atoms with Gasteiger partial charge >= 0.3 is 0 Å². The molecule has 3 aromatic rings. The van der Waals surface area contributed by atoms with Crippen molar-refractivity contribution in [3.8, 4) is 17.2 Å². The Labute approximate surface area is 141 Å². The first-order valence-corrected chi connectivity index (χ1v) is 7.27. The van der Waals surface area contributed by atoms with Crippen LogP contribution in [0.15, 0.2) is 36.4 Å². The molecule has 0 aliphatic carbocycles. The van der Waals surface area contributed by atoms with E-state index in [1.165, 1.54) is 0 Å². The monoisotopic (exact) mass is 344 g/mol. The summed E-state index contributed by atoms with van der Waals surface area (Å²) in [5.41, 5.74) is 8.06. The molecule has 114 valence electrons. The number of benzene rings is 2. The molecule has 2 aromatic carbocycles. The van der Waals surface area contributed by atoms with Gasteiger partial charge < -0.3 is 11.1 Å². The molecule has 3 rings (SSSR count). The summed E-state index contributed by atoms with van der Waals surface area (Å²) in [6.45, 7) is 0. The molecule has 0 aliphatic heterocycles. The Morgan fingerprint density at radius 1 is 1.17 bits per heavy atom. The third-order valence-corrected chi connectivity index (χ3v) is 3.68. The van der Waals surface area contributed by atoms with E-state index in [9.17, 15) is 0 Å². The molecule has 0 amide bonds. The maximum atomic E-state index is 9.00. The zero-order valence-electron chi connectivity index (χ0n) is 11.6. The maximum Gasteiger partial charge on any atom is 0.248 e. The molecule has 6 nitrogen and oxygen atoms in total. The Morgan fingerprint density at radius 2 is 1.91 bits per heavy atom. The first-order valence-electron chi connectivity index (χ1n) is 6.51. The number of nitrogens with zero attached hydrogens (tertiary/aromatic N) is 3. The van der Waals surface area contributed by atoms with Crippen LogP contribution in [-0.4, -0.2) is 15.2 Å². The molecular formula is C15H10Cl2N6. The fourth-order valence-electron chi connectivity index (χ4n) is 2.12. The molecule has 0 radical (unpaired) electrons. The largest absolute Gasteiger partial charge is 0.368 e. The van der Waals surface area contributed by atoms with Crippen LogP contribution in [0.5, 0.6) is 0 Å². The van der Waals surface area contributed by atoms with E-state index in [2.05, 4.69) is 26.6 Å². The number of aromatic nitrogens is 3. The van der Waals surface area contributed by atoms with Crippen molar-refractivity contribution >= 4 is 40.8 Å². The number of nitrogens with one attached hydrogen (secondary N) is 2. The quantitative estimate of drug-likeness (QED) is 0.666. The van der Waals surface area contributed by atoms with Gasteiger partial charge in [-0.3, -0.25) is 0 Å². The number of nitriles is 1. The number of halogens is 2. The van der Waals surface area contributed by atoms with Crippen molar-refractivity contribution in [3.63, 3.8) is 0 Å². The van der Waals surface area contributed by atoms with E-state index < -0.39 is 0 Å². The number of nitrogen functional groups attached to an aromatic ring is 1. The summed E-state index contributed by atoms with van der Waals surface area (Å²) in [5, 5.41) is 19.2. The van der Waals surface area contributed by atoms with E-state index >= 15 is 0 Å². The van der Waals surface area contributed by atoms with Crippen LogP contribution in [-0.2, 0) is 0 Å². The Morgan fingerprint density at radius 3 is 2.52 bits per heavy atom. The highest BCUT2D eigenvalue weighted by molar-refractivity contribution is 6.39. The lowest BCUT2D eigenvalue weighted by molar-refractivity contribution is 1.10. The molecule has 0 bridgehead atoms. The molecule has 8 heteroatoms. The van der Waals surface area contributed by atoms with Gasteiger partial charge in [-0.15, -0.1) is 5.10 Å². The van der Waals surface area contributed by atoms with E-state index in [-0.39, 0.29) is 5.95 Å². The van der Waals surface area contributed by atoms with Gasteiger partial charge in [-0.2, -0.15) is 10.2 Å². The van der Waals surface area contributed by atoms with Crippen LogP contribution in [0, 0.1) is 11.3 Å². The van der Waals surface area contributed by atoms with Crippen molar-refractivity contribution < 1.29 is 0 Å². The Hall–Kier alpha value is -2.75. The lowest BCUT2D eigenvalue weighted by Crippen LogP contribution is -1.94. The summed E-state index contributed by atoms with van der Waals surface area (Å²) in [6, 6.07) is 12.6. The van der Waals surface area contributed by atoms with Gasteiger partial charge in [0, 0.05) is 11.3 Å². The van der Waals surface area contributed by atoms with Crippen LogP contribution >= 0.6 is 23.2 Å². The smallest absolute Gasteiger partial charge is 0.248 e. The molecule has 1 heterocycles. The third-order valence-electron chi connectivity index (χ3n) is 3.08. The van der Waals surface area contributed by atoms with Gasteiger partial charge in [-0.25, -0.2) is 5.10 Å². The minimum absolute atomic E-state index is 0.203. The number of hydrogen-bond donors (Lipinski definition) is 3. The highest BCUT2D eigenvalue weighted by Gasteiger charge is 2.12. The molecule has 0 saturated heterocycles. The van der Waals surface area contributed by atoms with Gasteiger partial charge in [0.05, 0.1) is 21.7 Å². The molecule has 4 N–H and O–H groups in total. The van der Waals surface area contributed by atoms with E-state index in [1.54, 1.807) is 30.3 Å². The summed E-state index contributed by atoms with van der Waals surface area (Å²) in [5.74, 6) is 0.517. The lowest BCUT2D eigenvalue weighted by Gasteiger charge is -2.11. The van der Waals surface area contributed by atoms with Crippen LogP contribution in [0.2, 0.25) is 10.0 Å². The number of hydrogen-bond acceptors (Lipinski definition) is 5. The second kappa shape index (κ2) is 6.16. The van der Waals surface area contributed by atoms with Crippen LogP contribution < -0.4 is 11.1 Å². The summed E-state index contributed by atoms with van der Waals surface area (Å²) in [7, 11) is 0. The molecule has 0 fully saturated rings. The summed E-state index contributed by atoms with van der Waals surface area (Å²) >= 11 is 12.7. The number of aromatic amines is 1. The number of anilines is 3. The van der Waals surface area contributed by atoms with Crippen molar-refractivity contribution in [3.05, 3.63) is 52.0 Å². The third kappa shape index (κ3) is 3.21. The zero-order chi connectivity index (χ0) is 16.4. The maximum absolute atomic E-state index is 9.00. The Bertz CT molecular complexity index is 889. The number of nitrogens with two attached hydrogens (primary N) is 1. The summed E-state index contributed by atoms with van der Waals surface area (Å²) in [4.78, 5) is 3.95. The highest BCUT2D eigenvalue weighted by Crippen LogP contribution is 2.38. The van der Waals surface area contributed by atoms with Crippen molar-refractivity contribution in [2.45, 2.75) is 0 Å². The number of rotatable bonds is 3. The second-order valence-corrected chi connectivity index (χ2v) is 5.49. The first-order chi connectivity index (χ1) is 11.1. The molecule has 0 aliphatic rings. The average Bonchev–Trinajstić information content (AvgIpc) is 2.92. The molecule has 1 aromatic heterocycles. The highest BCUT2D eigenvalue weighted by atomic mass is 35.5. The van der Waals surface area contributed by atoms with E-state index in [4.69, 9.17) is 34.2 Å². The molecule has 0 unspecified atom stereocenters. The van der Waals surface area contributed by atoms with E-state index in [0.717, 1.165) is 5.56 Å². The zero-order valence-corrected chi connectivity index (χ0v) is 13.2. The van der Waals surface area contributed by atoms with Gasteiger partial charge in [0.1, 0.15) is 0 Å². The molecule has 23 heavy (non-hydrogen) atoms. The fourth-order valence-corrected chi connectivity index (χ4v) is 2.83. The second-order valence-electron chi connectivity index (χ2n) is 4.68. The van der Waals surface area contributed by atoms with Gasteiger partial charge in [-0.05, 0) is 29.8 Å². The fraction of sp³-hybridized carbons (Fsp3) is 0. The lowest BCUT2D eigenvalue weighted by atomic mass is 10.0. The normalized spacial score (nSPS) is 10.3. The van der Waals surface area contributed by atoms with Crippen LogP contribution in [0.25, 0.3) is 11.1 Å². The standard InChI is InChI=1S/C15H10Cl2N6/c16-11-5-10(20-15-21-14(19)22-23-15)6-12(17)13(11)9-3-1-2-8(4-9)7-18/h1-6H,(H4,19,20,21,22,23). The van der Waals surface area contributed by atoms with Crippen molar-refractivity contribution in [2.24, 2.45) is 0 Å². The topological polar surface area (TPSA) is 103 Å². The van der Waals surface area contributed by atoms with Crippen LogP contribution in [0.3, 0.4) is 0 Å². The Kier molecular flexibility index (Phi) is 4.06. The molecular weight excluding hydrogens is 335 g/mol. The van der Waals surface area contributed by atoms with E-state index in [0.29, 0.717) is 32.8 Å². The molecule has 0 spiro atoms. The minimum atomic E-state index is 0.203. The van der Waals surface area contributed by atoms with E-state index in [1.807, 2.05) is 6.07 Å². The van der Waals surface area contributed by atoms with Crippen LogP contribution in [0.1, 0.15) is 5.56 Å².